The van der Waals surface area contributed by atoms with Crippen LogP contribution in [0.15, 0.2) is 60.7 Å². The van der Waals surface area contributed by atoms with Gasteiger partial charge in [-0.2, -0.15) is 4.52 Å². The van der Waals surface area contributed by atoms with E-state index in [4.69, 9.17) is 14.2 Å². The summed E-state index contributed by atoms with van der Waals surface area (Å²) in [7, 11) is 3.15. The molecule has 4 aromatic rings. The Kier molecular flexibility index (Phi) is 5.93. The van der Waals surface area contributed by atoms with Crippen molar-refractivity contribution in [2.45, 2.75) is 0 Å². The second kappa shape index (κ2) is 9.12. The number of amides is 1. The van der Waals surface area contributed by atoms with Gasteiger partial charge in [-0.1, -0.05) is 12.1 Å². The number of hydrogen-bond acceptors (Lipinski definition) is 7. The molecule has 9 heteroatoms. The third-order valence-corrected chi connectivity index (χ3v) is 4.58. The van der Waals surface area contributed by atoms with Crippen LogP contribution in [-0.2, 0) is 0 Å². The van der Waals surface area contributed by atoms with Gasteiger partial charge in [-0.25, -0.2) is 0 Å². The van der Waals surface area contributed by atoms with E-state index in [0.717, 1.165) is 11.3 Å². The van der Waals surface area contributed by atoms with E-state index in [9.17, 15) is 4.79 Å². The SMILES string of the molecule is COc1ccc(-c2nnc3ccc(OCCNC(=O)c4ccccc4OC)nn23)cc1. The molecule has 0 fully saturated rings. The molecule has 2 aromatic heterocycles. The van der Waals surface area contributed by atoms with Crippen molar-refractivity contribution in [1.82, 2.24) is 25.1 Å². The first-order chi connectivity index (χ1) is 15.2. The minimum atomic E-state index is -0.231. The average molecular weight is 419 g/mol. The number of hydrogen-bond donors (Lipinski definition) is 1. The van der Waals surface area contributed by atoms with Gasteiger partial charge in [0.1, 0.15) is 18.1 Å². The van der Waals surface area contributed by atoms with Crippen LogP contribution < -0.4 is 19.5 Å². The van der Waals surface area contributed by atoms with E-state index in [-0.39, 0.29) is 12.5 Å². The fourth-order valence-electron chi connectivity index (χ4n) is 3.02. The lowest BCUT2D eigenvalue weighted by atomic mass is 10.2. The lowest BCUT2D eigenvalue weighted by Crippen LogP contribution is -2.28. The molecule has 0 aliphatic heterocycles. The Morgan fingerprint density at radius 3 is 2.55 bits per heavy atom. The molecule has 0 atom stereocenters. The predicted molar refractivity (Wildman–Crippen MR) is 114 cm³/mol. The monoisotopic (exact) mass is 419 g/mol. The van der Waals surface area contributed by atoms with Gasteiger partial charge in [0.15, 0.2) is 11.5 Å². The first-order valence-corrected chi connectivity index (χ1v) is 9.60. The fourth-order valence-corrected chi connectivity index (χ4v) is 3.02. The summed E-state index contributed by atoms with van der Waals surface area (Å²) in [5.74, 6) is 2.03. The smallest absolute Gasteiger partial charge is 0.255 e. The number of para-hydroxylation sites is 1. The standard InChI is InChI=1S/C22H21N5O4/c1-29-16-9-7-15(8-10-16)21-25-24-19-11-12-20(26-27(19)21)31-14-13-23-22(28)17-5-3-4-6-18(17)30-2/h3-12H,13-14H2,1-2H3,(H,23,28). The second-order valence-corrected chi connectivity index (χ2v) is 6.50. The van der Waals surface area contributed by atoms with Gasteiger partial charge in [0.2, 0.25) is 5.88 Å². The number of fused-ring (bicyclic) bond motifs is 1. The third kappa shape index (κ3) is 4.40. The molecule has 0 unspecified atom stereocenters. The minimum Gasteiger partial charge on any atom is -0.497 e. The van der Waals surface area contributed by atoms with Gasteiger partial charge >= 0.3 is 0 Å². The van der Waals surface area contributed by atoms with E-state index in [2.05, 4.69) is 20.6 Å². The molecule has 0 radical (unpaired) electrons. The topological polar surface area (TPSA) is 99.9 Å². The predicted octanol–water partition coefficient (Wildman–Crippen LogP) is 2.62. The van der Waals surface area contributed by atoms with Crippen LogP contribution in [0.2, 0.25) is 0 Å². The summed E-state index contributed by atoms with van der Waals surface area (Å²) >= 11 is 0. The van der Waals surface area contributed by atoms with E-state index < -0.39 is 0 Å². The first-order valence-electron chi connectivity index (χ1n) is 9.60. The van der Waals surface area contributed by atoms with Gasteiger partial charge in [-0.05, 0) is 42.5 Å². The number of aromatic nitrogens is 4. The van der Waals surface area contributed by atoms with Gasteiger partial charge in [-0.15, -0.1) is 15.3 Å². The van der Waals surface area contributed by atoms with Crippen LogP contribution in [0, 0.1) is 0 Å². The van der Waals surface area contributed by atoms with Crippen molar-refractivity contribution in [2.75, 3.05) is 27.4 Å². The number of nitrogens with zero attached hydrogens (tertiary/aromatic N) is 4. The molecule has 0 bridgehead atoms. The van der Waals surface area contributed by atoms with E-state index in [1.54, 1.807) is 42.0 Å². The lowest BCUT2D eigenvalue weighted by Gasteiger charge is -2.10. The minimum absolute atomic E-state index is 0.231. The van der Waals surface area contributed by atoms with E-state index in [1.165, 1.54) is 7.11 Å². The summed E-state index contributed by atoms with van der Waals surface area (Å²) in [5.41, 5.74) is 1.92. The Hall–Kier alpha value is -4.14. The zero-order valence-electron chi connectivity index (χ0n) is 17.1. The molecule has 158 valence electrons. The number of carbonyl (C=O) groups excluding carboxylic acids is 1. The normalized spacial score (nSPS) is 10.6. The van der Waals surface area contributed by atoms with Crippen molar-refractivity contribution >= 4 is 11.6 Å². The Morgan fingerprint density at radius 2 is 1.77 bits per heavy atom. The molecular formula is C22H21N5O4. The van der Waals surface area contributed by atoms with Crippen molar-refractivity contribution in [1.29, 1.82) is 0 Å². The Balaban J connectivity index is 1.40. The second-order valence-electron chi connectivity index (χ2n) is 6.50. The summed E-state index contributed by atoms with van der Waals surface area (Å²) in [4.78, 5) is 12.3. The van der Waals surface area contributed by atoms with Crippen LogP contribution >= 0.6 is 0 Å². The molecular weight excluding hydrogens is 398 g/mol. The number of rotatable bonds is 8. The molecule has 1 amide bonds. The maximum atomic E-state index is 12.3. The van der Waals surface area contributed by atoms with Crippen LogP contribution in [0.1, 0.15) is 10.4 Å². The summed E-state index contributed by atoms with van der Waals surface area (Å²) in [6.07, 6.45) is 0. The first kappa shape index (κ1) is 20.1. The molecule has 0 aliphatic carbocycles. The highest BCUT2D eigenvalue weighted by molar-refractivity contribution is 5.96. The van der Waals surface area contributed by atoms with Gasteiger partial charge < -0.3 is 19.5 Å². The molecule has 0 aliphatic rings. The molecule has 0 spiro atoms. The number of ether oxygens (including phenoxy) is 3. The maximum absolute atomic E-state index is 12.3. The number of methoxy groups -OCH3 is 2. The molecule has 0 saturated heterocycles. The molecule has 2 aromatic carbocycles. The molecule has 1 N–H and O–H groups in total. The molecule has 9 nitrogen and oxygen atoms in total. The summed E-state index contributed by atoms with van der Waals surface area (Å²) < 4.78 is 17.7. The van der Waals surface area contributed by atoms with Crippen molar-refractivity contribution in [2.24, 2.45) is 0 Å². The maximum Gasteiger partial charge on any atom is 0.255 e. The molecule has 4 rings (SSSR count). The summed E-state index contributed by atoms with van der Waals surface area (Å²) in [5, 5.41) is 15.6. The summed E-state index contributed by atoms with van der Waals surface area (Å²) in [6.45, 7) is 0.559. The summed E-state index contributed by atoms with van der Waals surface area (Å²) in [6, 6.07) is 18.0. The molecule has 0 saturated carbocycles. The van der Waals surface area contributed by atoms with Gasteiger partial charge in [0, 0.05) is 11.6 Å². The van der Waals surface area contributed by atoms with Gasteiger partial charge in [0.25, 0.3) is 5.91 Å². The Morgan fingerprint density at radius 1 is 0.968 bits per heavy atom. The van der Waals surface area contributed by atoms with Crippen molar-refractivity contribution in [3.8, 4) is 28.8 Å². The molecule has 31 heavy (non-hydrogen) atoms. The van der Waals surface area contributed by atoms with Crippen LogP contribution in [0.5, 0.6) is 17.4 Å². The largest absolute Gasteiger partial charge is 0.497 e. The lowest BCUT2D eigenvalue weighted by molar-refractivity contribution is 0.0943. The highest BCUT2D eigenvalue weighted by Gasteiger charge is 2.12. The third-order valence-electron chi connectivity index (χ3n) is 4.58. The van der Waals surface area contributed by atoms with Crippen LogP contribution in [0.4, 0.5) is 0 Å². The quantitative estimate of drug-likeness (QED) is 0.438. The number of nitrogens with one attached hydrogen (secondary N) is 1. The number of benzene rings is 2. The van der Waals surface area contributed by atoms with Crippen molar-refractivity contribution < 1.29 is 19.0 Å². The molecule has 2 heterocycles. The van der Waals surface area contributed by atoms with E-state index >= 15 is 0 Å². The van der Waals surface area contributed by atoms with E-state index in [1.807, 2.05) is 30.3 Å². The van der Waals surface area contributed by atoms with Crippen LogP contribution in [0.25, 0.3) is 17.0 Å². The Labute approximate surface area is 178 Å². The highest BCUT2D eigenvalue weighted by atomic mass is 16.5. The van der Waals surface area contributed by atoms with E-state index in [0.29, 0.717) is 35.2 Å². The van der Waals surface area contributed by atoms with Crippen molar-refractivity contribution in [3.63, 3.8) is 0 Å². The van der Waals surface area contributed by atoms with Crippen LogP contribution in [0.3, 0.4) is 0 Å². The average Bonchev–Trinajstić information content (AvgIpc) is 3.25. The van der Waals surface area contributed by atoms with Crippen LogP contribution in [-0.4, -0.2) is 53.1 Å². The highest BCUT2D eigenvalue weighted by Crippen LogP contribution is 2.22. The zero-order valence-corrected chi connectivity index (χ0v) is 17.1. The van der Waals surface area contributed by atoms with Crippen molar-refractivity contribution in [3.05, 3.63) is 66.2 Å². The van der Waals surface area contributed by atoms with Gasteiger partial charge in [0.05, 0.1) is 26.3 Å². The fraction of sp³-hybridized carbons (Fsp3) is 0.182. The number of carbonyl (C=O) groups is 1. The Bertz CT molecular complexity index is 1190. The zero-order chi connectivity index (χ0) is 21.6. The van der Waals surface area contributed by atoms with Gasteiger partial charge in [-0.3, -0.25) is 4.79 Å².